The summed E-state index contributed by atoms with van der Waals surface area (Å²) in [7, 11) is 0. The van der Waals surface area contributed by atoms with Gasteiger partial charge in [-0.15, -0.1) is 0 Å². The maximum Gasteiger partial charge on any atom is 0.243 e. The smallest absolute Gasteiger partial charge is 0.243 e. The molecule has 370 valence electrons. The third kappa shape index (κ3) is 17.8. The van der Waals surface area contributed by atoms with Crippen LogP contribution in [0.1, 0.15) is 76.5 Å². The number of aromatic nitrogens is 1. The van der Waals surface area contributed by atoms with Gasteiger partial charge in [0, 0.05) is 49.8 Å². The number of aliphatic imine (C=N–C) groups is 1. The lowest BCUT2D eigenvalue weighted by molar-refractivity contribution is -0.135. The van der Waals surface area contributed by atoms with E-state index in [1.165, 1.54) is 20.8 Å². The topological polar surface area (TPSA) is 327 Å². The van der Waals surface area contributed by atoms with Crippen molar-refractivity contribution >= 4 is 64.1 Å². The maximum atomic E-state index is 14.4. The summed E-state index contributed by atoms with van der Waals surface area (Å²) in [6.45, 7) is 6.20. The highest BCUT2D eigenvalue weighted by Gasteiger charge is 2.33. The van der Waals surface area contributed by atoms with Gasteiger partial charge in [0.1, 0.15) is 42.3 Å². The van der Waals surface area contributed by atoms with Gasteiger partial charge in [0.2, 0.25) is 47.3 Å². The van der Waals surface area contributed by atoms with Crippen molar-refractivity contribution in [3.8, 4) is 0 Å². The Kier molecular flexibility index (Phi) is 21.2. The number of primary amides is 1. The summed E-state index contributed by atoms with van der Waals surface area (Å²) in [5.41, 5.74) is 19.7. The first-order valence-corrected chi connectivity index (χ1v) is 23.0. The molecule has 4 rings (SSSR count). The minimum absolute atomic E-state index is 0.00204. The number of hydrogen-bond acceptors (Lipinski definition) is 9. The largest absolute Gasteiger partial charge is 0.370 e. The molecule has 0 bridgehead atoms. The molecule has 0 aliphatic rings. The van der Waals surface area contributed by atoms with Gasteiger partial charge in [-0.1, -0.05) is 98.6 Å². The number of rotatable bonds is 27. The zero-order valence-electron chi connectivity index (χ0n) is 39.5. The van der Waals surface area contributed by atoms with Crippen molar-refractivity contribution in [3.63, 3.8) is 0 Å². The molecule has 0 spiro atoms. The van der Waals surface area contributed by atoms with E-state index in [2.05, 4.69) is 47.2 Å². The number of hydrogen-bond donors (Lipinski definition) is 11. The van der Waals surface area contributed by atoms with Crippen molar-refractivity contribution in [2.45, 2.75) is 121 Å². The molecule has 0 aliphatic heterocycles. The summed E-state index contributed by atoms with van der Waals surface area (Å²) in [6, 6.07) is 16.9. The van der Waals surface area contributed by atoms with Crippen LogP contribution in [0.3, 0.4) is 0 Å². The molecule has 1 aromatic heterocycles. The van der Waals surface area contributed by atoms with Gasteiger partial charge in [-0.2, -0.15) is 0 Å². The van der Waals surface area contributed by atoms with Crippen molar-refractivity contribution < 1.29 is 38.4 Å². The van der Waals surface area contributed by atoms with Crippen molar-refractivity contribution in [2.75, 3.05) is 6.54 Å². The van der Waals surface area contributed by atoms with E-state index in [1.807, 2.05) is 31.2 Å². The van der Waals surface area contributed by atoms with E-state index in [9.17, 15) is 38.4 Å². The summed E-state index contributed by atoms with van der Waals surface area (Å²) >= 11 is 0. The fraction of sp³-hybridized carbons (Fsp3) is 0.408. The van der Waals surface area contributed by atoms with E-state index in [1.54, 1.807) is 66.9 Å². The van der Waals surface area contributed by atoms with Gasteiger partial charge in [-0.05, 0) is 55.9 Å². The van der Waals surface area contributed by atoms with Crippen molar-refractivity contribution in [1.29, 1.82) is 0 Å². The number of fused-ring (bicyclic) bond motifs is 1. The Morgan fingerprint density at radius 3 is 1.49 bits per heavy atom. The molecule has 20 heteroatoms. The van der Waals surface area contributed by atoms with E-state index in [-0.39, 0.29) is 44.6 Å². The summed E-state index contributed by atoms with van der Waals surface area (Å²) in [5.74, 6) is -5.60. The van der Waals surface area contributed by atoms with Crippen LogP contribution in [0, 0.1) is 0 Å². The van der Waals surface area contributed by atoms with Crippen LogP contribution in [-0.2, 0) is 57.6 Å². The standard InChI is InChI=1S/C49H66N12O8/c1-5-6-21-37(57-31(4)62)45(66)55-30(3)44(65)60-40(25-32-16-9-7-10-17-32)48(69)61-41(26-33-18-11-8-12-19-33)47(68)58-38(23-15-24-53-49(51)52)46(67)56-29(2)43(64)59-39(42(50)63)27-34-28-54-36-22-14-13-20-35(34)36/h7-14,16-20,22,28-30,37-41,54H,5-6,15,21,23-27H2,1-4H3,(H2,50,63)(H,55,66)(H,56,67)(H,57,62)(H,58,68)(H,59,64)(H,60,65)(H,61,69)(H4,51,52,53)/t29-,30-,37-,38-,39-,40-,41+/m0/s1. The lowest BCUT2D eigenvalue weighted by Gasteiger charge is -2.27. The number of nitrogens with zero attached hydrogens (tertiary/aromatic N) is 1. The van der Waals surface area contributed by atoms with Crippen LogP contribution in [0.15, 0.2) is 96.1 Å². The lowest BCUT2D eigenvalue weighted by Crippen LogP contribution is -2.60. The number of H-pyrrole nitrogens is 1. The van der Waals surface area contributed by atoms with E-state index >= 15 is 0 Å². The summed E-state index contributed by atoms with van der Waals surface area (Å²) < 4.78 is 0. The van der Waals surface area contributed by atoms with Gasteiger partial charge in [-0.25, -0.2) is 0 Å². The van der Waals surface area contributed by atoms with Gasteiger partial charge >= 0.3 is 0 Å². The number of nitrogens with one attached hydrogen (secondary N) is 8. The molecule has 0 fully saturated rings. The molecule has 4 aromatic rings. The minimum atomic E-state index is -1.31. The Labute approximate surface area is 401 Å². The van der Waals surface area contributed by atoms with E-state index < -0.39 is 89.6 Å². The summed E-state index contributed by atoms with van der Waals surface area (Å²) in [4.78, 5) is 115. The number of nitrogens with two attached hydrogens (primary N) is 3. The average molecular weight is 951 g/mol. The Hall–Kier alpha value is -7.77. The maximum absolute atomic E-state index is 14.4. The highest BCUT2D eigenvalue weighted by atomic mass is 16.2. The molecule has 0 saturated carbocycles. The van der Waals surface area contributed by atoms with Crippen molar-refractivity contribution in [3.05, 3.63) is 108 Å². The molecule has 0 radical (unpaired) electrons. The number of amides is 8. The number of carbonyl (C=O) groups is 8. The predicted molar refractivity (Wildman–Crippen MR) is 261 cm³/mol. The molecule has 7 atom stereocenters. The number of carbonyl (C=O) groups excluding carboxylic acids is 8. The third-order valence-electron chi connectivity index (χ3n) is 11.2. The van der Waals surface area contributed by atoms with Gasteiger partial charge in [0.25, 0.3) is 0 Å². The second-order valence-electron chi connectivity index (χ2n) is 16.9. The van der Waals surface area contributed by atoms with Crippen LogP contribution < -0.4 is 54.4 Å². The van der Waals surface area contributed by atoms with Crippen LogP contribution in [0.4, 0.5) is 0 Å². The first kappa shape index (κ1) is 53.8. The second-order valence-corrected chi connectivity index (χ2v) is 16.9. The lowest BCUT2D eigenvalue weighted by atomic mass is 10.0. The zero-order valence-corrected chi connectivity index (χ0v) is 39.5. The number of guanidine groups is 1. The molecule has 3 aromatic carbocycles. The average Bonchev–Trinajstić information content (AvgIpc) is 3.73. The summed E-state index contributed by atoms with van der Waals surface area (Å²) in [5, 5.41) is 19.6. The molecule has 20 nitrogen and oxygen atoms in total. The van der Waals surface area contributed by atoms with E-state index in [0.29, 0.717) is 24.0 Å². The molecule has 8 amide bonds. The Balaban J connectivity index is 1.54. The molecule has 0 aliphatic carbocycles. The fourth-order valence-electron chi connectivity index (χ4n) is 7.45. The Morgan fingerprint density at radius 2 is 0.986 bits per heavy atom. The quantitative estimate of drug-likeness (QED) is 0.0222. The number of unbranched alkanes of at least 4 members (excludes halogenated alkanes) is 1. The van der Waals surface area contributed by atoms with Crippen molar-refractivity contribution in [2.24, 2.45) is 22.2 Å². The SMILES string of the molecule is CCCC[C@H](NC(C)=O)C(=O)N[C@@H](C)C(=O)N[C@@H](Cc1ccccc1)C(=O)N[C@H](Cc1ccccc1)C(=O)N[C@@H](CCCN=C(N)N)C(=O)N[C@@H](C)C(=O)N[C@@H](Cc1c[nH]c2ccccc12)C(N)=O. The minimum Gasteiger partial charge on any atom is -0.370 e. The predicted octanol–water partition coefficient (Wildman–Crippen LogP) is 0.378. The zero-order chi connectivity index (χ0) is 50.5. The molecular weight excluding hydrogens is 885 g/mol. The number of aromatic amines is 1. The van der Waals surface area contributed by atoms with E-state index in [4.69, 9.17) is 17.2 Å². The van der Waals surface area contributed by atoms with Crippen molar-refractivity contribution in [1.82, 2.24) is 42.2 Å². The second kappa shape index (κ2) is 27.1. The van der Waals surface area contributed by atoms with Gasteiger partial charge in [0.15, 0.2) is 5.96 Å². The van der Waals surface area contributed by atoms with E-state index in [0.717, 1.165) is 22.9 Å². The van der Waals surface area contributed by atoms with Gasteiger partial charge < -0.3 is 59.4 Å². The van der Waals surface area contributed by atoms with Crippen LogP contribution in [0.5, 0.6) is 0 Å². The Morgan fingerprint density at radius 1 is 0.536 bits per heavy atom. The molecule has 69 heavy (non-hydrogen) atoms. The molecule has 1 heterocycles. The third-order valence-corrected chi connectivity index (χ3v) is 11.2. The van der Waals surface area contributed by atoms with Crippen LogP contribution >= 0.6 is 0 Å². The monoisotopic (exact) mass is 951 g/mol. The fourth-order valence-corrected chi connectivity index (χ4v) is 7.45. The molecule has 0 saturated heterocycles. The normalized spacial score (nSPS) is 14.0. The number of para-hydroxylation sites is 1. The first-order valence-electron chi connectivity index (χ1n) is 23.0. The van der Waals surface area contributed by atoms with Crippen LogP contribution in [0.25, 0.3) is 10.9 Å². The first-order chi connectivity index (χ1) is 32.9. The summed E-state index contributed by atoms with van der Waals surface area (Å²) in [6.07, 6.45) is 3.77. The highest BCUT2D eigenvalue weighted by molar-refractivity contribution is 5.98. The molecular formula is C49H66N12O8. The van der Waals surface area contributed by atoms with Gasteiger partial charge in [0.05, 0.1) is 0 Å². The number of benzene rings is 3. The highest BCUT2D eigenvalue weighted by Crippen LogP contribution is 2.19. The van der Waals surface area contributed by atoms with Crippen LogP contribution in [0.2, 0.25) is 0 Å². The Bertz CT molecular complexity index is 2410. The molecule has 14 N–H and O–H groups in total. The molecule has 0 unspecified atom stereocenters. The van der Waals surface area contributed by atoms with Gasteiger partial charge in [-0.3, -0.25) is 43.3 Å². The van der Waals surface area contributed by atoms with Crippen LogP contribution in [-0.4, -0.2) is 107 Å².